The summed E-state index contributed by atoms with van der Waals surface area (Å²) in [6, 6.07) is 26.1. The second kappa shape index (κ2) is 15.6. The molecular formula is C42H40N2O9. The van der Waals surface area contributed by atoms with Crippen LogP contribution in [0.5, 0.6) is 11.5 Å². The average molecular weight is 717 g/mol. The number of benzene rings is 4. The molecule has 0 radical (unpaired) electrons. The van der Waals surface area contributed by atoms with E-state index in [-0.39, 0.29) is 13.3 Å². The Hall–Kier alpha value is -6.10. The van der Waals surface area contributed by atoms with E-state index in [1.165, 1.54) is 4.90 Å². The summed E-state index contributed by atoms with van der Waals surface area (Å²) in [6.45, 7) is 2.00. The summed E-state index contributed by atoms with van der Waals surface area (Å²) in [5, 5.41) is 23.3. The van der Waals surface area contributed by atoms with Crippen molar-refractivity contribution < 1.29 is 43.2 Å². The Bertz CT molecular complexity index is 2180. The molecule has 2 atom stereocenters. The summed E-state index contributed by atoms with van der Waals surface area (Å²) in [6.07, 6.45) is 5.85. The minimum atomic E-state index is -1.38. The third kappa shape index (κ3) is 8.04. The molecule has 1 saturated carbocycles. The van der Waals surface area contributed by atoms with Crippen LogP contribution in [0.1, 0.15) is 68.4 Å². The van der Waals surface area contributed by atoms with Crippen LogP contribution in [0.3, 0.4) is 0 Å². The van der Waals surface area contributed by atoms with Gasteiger partial charge < -0.3 is 33.7 Å². The molecule has 0 unspecified atom stereocenters. The quantitative estimate of drug-likeness (QED) is 0.0696. The van der Waals surface area contributed by atoms with Gasteiger partial charge in [-0.05, 0) is 97.3 Å². The van der Waals surface area contributed by atoms with Gasteiger partial charge in [0.25, 0.3) is 5.91 Å². The number of esters is 1. The van der Waals surface area contributed by atoms with Crippen molar-refractivity contribution in [3.8, 4) is 11.5 Å². The lowest BCUT2D eigenvalue weighted by molar-refractivity contribution is -0.147. The highest BCUT2D eigenvalue weighted by Gasteiger charge is 2.35. The predicted octanol–water partition coefficient (Wildman–Crippen LogP) is 8.09. The number of para-hydroxylation sites is 2. The fraction of sp³-hybridized carbons (Fsp3) is 0.286. The number of carboxylic acid groups (broad SMARTS) is 1. The molecule has 1 aliphatic carbocycles. The number of aliphatic hydroxyl groups excluding tert-OH is 1. The van der Waals surface area contributed by atoms with Gasteiger partial charge in [0.2, 0.25) is 12.7 Å². The van der Waals surface area contributed by atoms with Crippen molar-refractivity contribution >= 4 is 45.8 Å². The van der Waals surface area contributed by atoms with Crippen LogP contribution in [0.15, 0.2) is 107 Å². The Balaban J connectivity index is 1.27. The molecule has 53 heavy (non-hydrogen) atoms. The first-order chi connectivity index (χ1) is 25.7. The van der Waals surface area contributed by atoms with E-state index < -0.39 is 53.7 Å². The normalized spacial score (nSPS) is 15.8. The van der Waals surface area contributed by atoms with Gasteiger partial charge in [-0.15, -0.1) is 0 Å². The van der Waals surface area contributed by atoms with Gasteiger partial charge >= 0.3 is 11.9 Å². The van der Waals surface area contributed by atoms with Gasteiger partial charge in [-0.3, -0.25) is 9.59 Å². The van der Waals surface area contributed by atoms with Crippen molar-refractivity contribution in [3.63, 3.8) is 0 Å². The summed E-state index contributed by atoms with van der Waals surface area (Å²) >= 11 is 0. The number of carbonyl (C=O) groups excluding carboxylic acids is 2. The van der Waals surface area contributed by atoms with Crippen LogP contribution in [0, 0.1) is 0 Å². The molecule has 2 N–H and O–H groups in total. The number of aromatic nitrogens is 1. The second-order valence-electron chi connectivity index (χ2n) is 13.4. The lowest BCUT2D eigenvalue weighted by Crippen LogP contribution is -2.43. The number of hydrogen-bond acceptors (Lipinski definition) is 9. The lowest BCUT2D eigenvalue weighted by atomic mass is 9.87. The highest BCUT2D eigenvalue weighted by atomic mass is 16.7. The Kier molecular flexibility index (Phi) is 10.4. The average Bonchev–Trinajstić information content (AvgIpc) is 3.95. The van der Waals surface area contributed by atoms with E-state index in [9.17, 15) is 24.6 Å². The van der Waals surface area contributed by atoms with E-state index >= 15 is 0 Å². The number of allylic oxidation sites excluding steroid dienone is 1. The largest absolute Gasteiger partial charge is 0.503 e. The van der Waals surface area contributed by atoms with E-state index in [4.69, 9.17) is 18.6 Å². The lowest BCUT2D eigenvalue weighted by Gasteiger charge is -2.35. The second-order valence-corrected chi connectivity index (χ2v) is 13.4. The fourth-order valence-corrected chi connectivity index (χ4v) is 7.08. The van der Waals surface area contributed by atoms with Crippen molar-refractivity contribution in [1.29, 1.82) is 0 Å². The molecule has 272 valence electrons. The summed E-state index contributed by atoms with van der Waals surface area (Å²) < 4.78 is 22.8. The van der Waals surface area contributed by atoms with Crippen LogP contribution in [0.25, 0.3) is 27.9 Å². The van der Waals surface area contributed by atoms with Crippen LogP contribution in [0.2, 0.25) is 0 Å². The molecular weight excluding hydrogens is 676 g/mol. The molecule has 11 nitrogen and oxygen atoms in total. The predicted molar refractivity (Wildman–Crippen MR) is 197 cm³/mol. The van der Waals surface area contributed by atoms with Crippen LogP contribution >= 0.6 is 0 Å². The van der Waals surface area contributed by atoms with Gasteiger partial charge in [0.15, 0.2) is 22.8 Å². The van der Waals surface area contributed by atoms with Gasteiger partial charge in [0, 0.05) is 18.5 Å². The number of hydrogen-bond donors (Lipinski definition) is 2. The number of aliphatic carboxylic acids is 1. The first-order valence-electron chi connectivity index (χ1n) is 17.8. The molecule has 4 aromatic carbocycles. The molecule has 5 aromatic rings. The molecule has 2 heterocycles. The molecule has 1 fully saturated rings. The third-order valence-electron chi connectivity index (χ3n) is 9.93. The van der Waals surface area contributed by atoms with Gasteiger partial charge in [-0.1, -0.05) is 60.7 Å². The van der Waals surface area contributed by atoms with Gasteiger partial charge in [-0.2, -0.15) is 0 Å². The SMILES string of the molecule is C[C@H]([C@H](C/C=C/c1nc2ccccc2o1)c1ccc2c(c1)OCO2)N(Cc1ccc2ccccc2c1)C(=O)C(O)=C(CC(=O)O)C(=O)OC1CCCC1. The van der Waals surface area contributed by atoms with E-state index in [1.54, 1.807) is 6.08 Å². The number of nitrogens with zero attached hydrogens (tertiary/aromatic N) is 2. The molecule has 0 spiro atoms. The van der Waals surface area contributed by atoms with Crippen molar-refractivity contribution in [2.45, 2.75) is 70.1 Å². The molecule has 11 heteroatoms. The maximum atomic E-state index is 14.6. The Labute approximate surface area is 306 Å². The number of amides is 1. The Morgan fingerprint density at radius 1 is 0.925 bits per heavy atom. The maximum absolute atomic E-state index is 14.6. The molecule has 1 amide bonds. The number of rotatable bonds is 13. The molecule has 2 aliphatic rings. The van der Waals surface area contributed by atoms with Gasteiger partial charge in [0.1, 0.15) is 11.6 Å². The zero-order valence-electron chi connectivity index (χ0n) is 29.3. The summed E-state index contributed by atoms with van der Waals surface area (Å²) in [5.41, 5.74) is 2.41. The van der Waals surface area contributed by atoms with Crippen LogP contribution in [-0.4, -0.2) is 56.9 Å². The van der Waals surface area contributed by atoms with Crippen molar-refractivity contribution in [1.82, 2.24) is 9.88 Å². The fourth-order valence-electron chi connectivity index (χ4n) is 7.08. The molecule has 1 aliphatic heterocycles. The Morgan fingerprint density at radius 2 is 1.68 bits per heavy atom. The highest BCUT2D eigenvalue weighted by molar-refractivity contribution is 6.03. The van der Waals surface area contributed by atoms with Gasteiger partial charge in [0.05, 0.1) is 12.0 Å². The summed E-state index contributed by atoms with van der Waals surface area (Å²) in [5.74, 6) is -3.02. The molecule has 1 aromatic heterocycles. The first kappa shape index (κ1) is 35.3. The van der Waals surface area contributed by atoms with Crippen LogP contribution in [-0.2, 0) is 25.7 Å². The number of carbonyl (C=O) groups is 3. The smallest absolute Gasteiger partial charge is 0.338 e. The minimum absolute atomic E-state index is 0.0445. The zero-order valence-corrected chi connectivity index (χ0v) is 29.3. The topological polar surface area (TPSA) is 149 Å². The molecule has 0 bridgehead atoms. The standard InChI is InChI=1S/C42H40N2O9/c1-26(32(30-19-20-36-37(22-30)51-25-50-36)13-8-16-38-43-34-14-6-7-15-35(34)53-38)44(24-27-17-18-28-9-2-3-10-29(28)21-27)41(48)40(47)33(23-39(45)46)42(49)52-31-11-4-5-12-31/h2-3,6-10,14-22,26,31-32,47H,4-5,11-13,23-25H2,1H3,(H,45,46)/b16-8+,40-33?/t26-,32+/m1/s1. The monoisotopic (exact) mass is 716 g/mol. The first-order valence-corrected chi connectivity index (χ1v) is 17.8. The molecule has 0 saturated heterocycles. The number of ether oxygens (including phenoxy) is 3. The molecule has 7 rings (SSSR count). The minimum Gasteiger partial charge on any atom is -0.503 e. The highest BCUT2D eigenvalue weighted by Crippen LogP contribution is 2.38. The number of fused-ring (bicyclic) bond motifs is 3. The van der Waals surface area contributed by atoms with Crippen LogP contribution in [0.4, 0.5) is 0 Å². The van der Waals surface area contributed by atoms with Crippen LogP contribution < -0.4 is 9.47 Å². The van der Waals surface area contributed by atoms with E-state index in [1.807, 2.05) is 97.9 Å². The van der Waals surface area contributed by atoms with E-state index in [0.29, 0.717) is 42.2 Å². The van der Waals surface area contributed by atoms with E-state index in [2.05, 4.69) is 4.98 Å². The summed E-state index contributed by atoms with van der Waals surface area (Å²) in [7, 11) is 0. The van der Waals surface area contributed by atoms with Gasteiger partial charge in [-0.25, -0.2) is 9.78 Å². The number of oxazole rings is 1. The maximum Gasteiger partial charge on any atom is 0.338 e. The third-order valence-corrected chi connectivity index (χ3v) is 9.93. The summed E-state index contributed by atoms with van der Waals surface area (Å²) in [4.78, 5) is 45.9. The Morgan fingerprint density at radius 3 is 2.47 bits per heavy atom. The van der Waals surface area contributed by atoms with E-state index in [0.717, 1.165) is 40.3 Å². The number of aliphatic hydroxyl groups is 1. The zero-order chi connectivity index (χ0) is 36.9. The number of carboxylic acids is 1. The van der Waals surface area contributed by atoms with Crippen molar-refractivity contribution in [2.75, 3.05) is 6.79 Å². The van der Waals surface area contributed by atoms with Crippen molar-refractivity contribution in [2.24, 2.45) is 0 Å². The van der Waals surface area contributed by atoms with Crippen molar-refractivity contribution in [3.05, 3.63) is 119 Å².